The first-order valence-corrected chi connectivity index (χ1v) is 8.19. The molecule has 112 valence electrons. The molecule has 0 bridgehead atoms. The van der Waals surface area contributed by atoms with Crippen LogP contribution in [0.25, 0.3) is 0 Å². The summed E-state index contributed by atoms with van der Waals surface area (Å²) in [7, 11) is 1.93. The van der Waals surface area contributed by atoms with Crippen LogP contribution in [0.1, 0.15) is 38.4 Å². The van der Waals surface area contributed by atoms with Gasteiger partial charge in [0.2, 0.25) is 11.0 Å². The van der Waals surface area contributed by atoms with Crippen molar-refractivity contribution in [3.05, 3.63) is 5.82 Å². The van der Waals surface area contributed by atoms with Gasteiger partial charge in [-0.05, 0) is 26.2 Å². The third-order valence-corrected chi connectivity index (χ3v) is 4.72. The predicted octanol–water partition coefficient (Wildman–Crippen LogP) is 2.32. The predicted molar refractivity (Wildman–Crippen MR) is 82.1 cm³/mol. The van der Waals surface area contributed by atoms with E-state index in [-0.39, 0.29) is 5.92 Å². The molecule has 0 spiro atoms. The number of carbonyl (C=O) groups is 1. The largest absolute Gasteiger partial charge is 0.347 e. The third-order valence-electron chi connectivity index (χ3n) is 3.85. The number of aryl methyl sites for hydroxylation is 1. The fraction of sp³-hybridized carbons (Fsp3) is 0.786. The topological polar surface area (TPSA) is 49.3 Å². The molecule has 1 aliphatic rings. The van der Waals surface area contributed by atoms with Crippen molar-refractivity contribution < 1.29 is 4.79 Å². The molecule has 2 heterocycles. The molecular formula is C14H24N4OS. The molecular weight excluding hydrogens is 272 g/mol. The lowest BCUT2D eigenvalue weighted by molar-refractivity contribution is -0.134. The summed E-state index contributed by atoms with van der Waals surface area (Å²) in [6, 6.07) is 0. The monoisotopic (exact) mass is 296 g/mol. The van der Waals surface area contributed by atoms with Gasteiger partial charge in [-0.2, -0.15) is 4.37 Å². The van der Waals surface area contributed by atoms with Gasteiger partial charge in [0.25, 0.3) is 0 Å². The Hall–Kier alpha value is -1.17. The van der Waals surface area contributed by atoms with Crippen molar-refractivity contribution in [2.75, 3.05) is 31.6 Å². The number of aromatic nitrogens is 2. The van der Waals surface area contributed by atoms with E-state index < -0.39 is 0 Å². The standard InChI is InChI=1S/C14H24N4OS/c1-4-5-8-17(3)13(19)12-6-9-18(10-7-12)14-15-11(2)16-20-14/h12H,4-10H2,1-3H3. The number of carbonyl (C=O) groups excluding carboxylic acids is 1. The Bertz CT molecular complexity index is 440. The van der Waals surface area contributed by atoms with Gasteiger partial charge >= 0.3 is 0 Å². The van der Waals surface area contributed by atoms with E-state index in [1.54, 1.807) is 0 Å². The Balaban J connectivity index is 1.83. The van der Waals surface area contributed by atoms with Gasteiger partial charge in [0.1, 0.15) is 5.82 Å². The smallest absolute Gasteiger partial charge is 0.225 e. The number of hydrogen-bond donors (Lipinski definition) is 0. The van der Waals surface area contributed by atoms with Gasteiger partial charge in [-0.3, -0.25) is 4.79 Å². The number of piperidine rings is 1. The highest BCUT2D eigenvalue weighted by atomic mass is 32.1. The van der Waals surface area contributed by atoms with Crippen LogP contribution < -0.4 is 4.90 Å². The van der Waals surface area contributed by atoms with E-state index >= 15 is 0 Å². The molecule has 1 aliphatic heterocycles. The summed E-state index contributed by atoms with van der Waals surface area (Å²) in [6.07, 6.45) is 4.07. The van der Waals surface area contributed by atoms with E-state index in [1.165, 1.54) is 11.5 Å². The number of hydrogen-bond acceptors (Lipinski definition) is 5. The van der Waals surface area contributed by atoms with Crippen LogP contribution in [0.5, 0.6) is 0 Å². The molecule has 1 aromatic heterocycles. The molecule has 20 heavy (non-hydrogen) atoms. The Morgan fingerprint density at radius 3 is 2.70 bits per heavy atom. The summed E-state index contributed by atoms with van der Waals surface area (Å²) >= 11 is 1.45. The van der Waals surface area contributed by atoms with Crippen molar-refractivity contribution in [1.29, 1.82) is 0 Å². The van der Waals surface area contributed by atoms with Gasteiger partial charge in [0, 0.05) is 44.1 Å². The Labute approximate surface area is 125 Å². The van der Waals surface area contributed by atoms with E-state index in [1.807, 2.05) is 18.9 Å². The summed E-state index contributed by atoms with van der Waals surface area (Å²) in [5.74, 6) is 1.33. The van der Waals surface area contributed by atoms with Gasteiger partial charge in [0.05, 0.1) is 0 Å². The normalized spacial score (nSPS) is 16.4. The minimum Gasteiger partial charge on any atom is -0.347 e. The second-order valence-corrected chi connectivity index (χ2v) is 6.23. The van der Waals surface area contributed by atoms with Crippen molar-refractivity contribution in [1.82, 2.24) is 14.3 Å². The van der Waals surface area contributed by atoms with Crippen LogP contribution in [-0.4, -0.2) is 46.8 Å². The van der Waals surface area contributed by atoms with E-state index in [2.05, 4.69) is 21.2 Å². The average Bonchev–Trinajstić information content (AvgIpc) is 2.90. The van der Waals surface area contributed by atoms with E-state index in [0.717, 1.165) is 56.3 Å². The molecule has 0 unspecified atom stereocenters. The fourth-order valence-electron chi connectivity index (χ4n) is 2.55. The first kappa shape index (κ1) is 15.2. The molecule has 0 aromatic carbocycles. The van der Waals surface area contributed by atoms with Crippen LogP contribution in [0.4, 0.5) is 5.13 Å². The molecule has 0 N–H and O–H groups in total. The highest BCUT2D eigenvalue weighted by molar-refractivity contribution is 7.09. The highest BCUT2D eigenvalue weighted by Gasteiger charge is 2.28. The van der Waals surface area contributed by atoms with Crippen LogP contribution in [-0.2, 0) is 4.79 Å². The maximum atomic E-state index is 12.3. The first-order valence-electron chi connectivity index (χ1n) is 7.42. The molecule has 1 aromatic rings. The second-order valence-electron chi connectivity index (χ2n) is 5.50. The zero-order valence-corrected chi connectivity index (χ0v) is 13.4. The van der Waals surface area contributed by atoms with E-state index in [4.69, 9.17) is 0 Å². The first-order chi connectivity index (χ1) is 9.61. The van der Waals surface area contributed by atoms with E-state index in [9.17, 15) is 4.79 Å². The molecule has 1 saturated heterocycles. The number of rotatable bonds is 5. The second kappa shape index (κ2) is 7.02. The molecule has 0 atom stereocenters. The lowest BCUT2D eigenvalue weighted by Crippen LogP contribution is -2.41. The van der Waals surface area contributed by atoms with Crippen LogP contribution in [0.15, 0.2) is 0 Å². The molecule has 1 fully saturated rings. The van der Waals surface area contributed by atoms with Crippen LogP contribution >= 0.6 is 11.5 Å². The van der Waals surface area contributed by atoms with Crippen molar-refractivity contribution >= 4 is 22.6 Å². The van der Waals surface area contributed by atoms with Gasteiger partial charge in [-0.15, -0.1) is 0 Å². The van der Waals surface area contributed by atoms with Crippen LogP contribution in [0.2, 0.25) is 0 Å². The number of anilines is 1. The maximum absolute atomic E-state index is 12.3. The molecule has 0 aliphatic carbocycles. The van der Waals surface area contributed by atoms with Crippen molar-refractivity contribution in [2.24, 2.45) is 5.92 Å². The molecule has 0 saturated carbocycles. The number of amides is 1. The van der Waals surface area contributed by atoms with Gasteiger partial charge in [-0.25, -0.2) is 4.98 Å². The number of nitrogens with zero attached hydrogens (tertiary/aromatic N) is 4. The lowest BCUT2D eigenvalue weighted by Gasteiger charge is -2.32. The highest BCUT2D eigenvalue weighted by Crippen LogP contribution is 2.25. The quantitative estimate of drug-likeness (QED) is 0.836. The summed E-state index contributed by atoms with van der Waals surface area (Å²) in [4.78, 5) is 20.9. The summed E-state index contributed by atoms with van der Waals surface area (Å²) in [5, 5.41) is 0.993. The van der Waals surface area contributed by atoms with Crippen LogP contribution in [0, 0.1) is 12.8 Å². The minimum atomic E-state index is 0.183. The van der Waals surface area contributed by atoms with Crippen molar-refractivity contribution in [3.63, 3.8) is 0 Å². The molecule has 1 amide bonds. The molecule has 2 rings (SSSR count). The Morgan fingerprint density at radius 1 is 1.45 bits per heavy atom. The van der Waals surface area contributed by atoms with Crippen molar-refractivity contribution in [3.8, 4) is 0 Å². The average molecular weight is 296 g/mol. The maximum Gasteiger partial charge on any atom is 0.225 e. The number of unbranched alkanes of at least 4 members (excludes halogenated alkanes) is 1. The van der Waals surface area contributed by atoms with Gasteiger partial charge in [-0.1, -0.05) is 13.3 Å². The molecule has 0 radical (unpaired) electrons. The Morgan fingerprint density at radius 2 is 2.15 bits per heavy atom. The van der Waals surface area contributed by atoms with Crippen LogP contribution in [0.3, 0.4) is 0 Å². The van der Waals surface area contributed by atoms with Gasteiger partial charge < -0.3 is 9.80 Å². The zero-order valence-electron chi connectivity index (χ0n) is 12.6. The van der Waals surface area contributed by atoms with E-state index in [0.29, 0.717) is 5.91 Å². The summed E-state index contributed by atoms with van der Waals surface area (Å²) in [5.41, 5.74) is 0. The minimum absolute atomic E-state index is 0.183. The third kappa shape index (κ3) is 3.69. The lowest BCUT2D eigenvalue weighted by atomic mass is 9.95. The Kier molecular flexibility index (Phi) is 5.34. The SMILES string of the molecule is CCCCN(C)C(=O)C1CCN(c2nc(C)ns2)CC1. The molecule has 6 heteroatoms. The van der Waals surface area contributed by atoms with Crippen molar-refractivity contribution in [2.45, 2.75) is 39.5 Å². The fourth-order valence-corrected chi connectivity index (χ4v) is 3.28. The molecule has 5 nitrogen and oxygen atoms in total. The summed E-state index contributed by atoms with van der Waals surface area (Å²) in [6.45, 7) is 6.77. The zero-order chi connectivity index (χ0) is 14.5. The van der Waals surface area contributed by atoms with Gasteiger partial charge in [0.15, 0.2) is 0 Å². The summed E-state index contributed by atoms with van der Waals surface area (Å²) < 4.78 is 4.22.